The van der Waals surface area contributed by atoms with Crippen molar-refractivity contribution in [2.75, 3.05) is 7.05 Å². The topological polar surface area (TPSA) is 42.3 Å². The number of hydrogen-bond donors (Lipinski definition) is 0. The predicted octanol–water partition coefficient (Wildman–Crippen LogP) is 3.82. The average molecular weight is 367 g/mol. The second-order valence-corrected chi connectivity index (χ2v) is 6.53. The van der Waals surface area contributed by atoms with Gasteiger partial charge in [-0.3, -0.25) is 9.59 Å². The molecule has 0 aliphatic carbocycles. The average Bonchev–Trinajstić information content (AvgIpc) is 2.65. The number of halogens is 1. The van der Waals surface area contributed by atoms with Crippen molar-refractivity contribution >= 4 is 17.5 Å². The molecular formula is C21H19ClN2O2. The second kappa shape index (κ2) is 8.02. The van der Waals surface area contributed by atoms with Gasteiger partial charge in [-0.05, 0) is 23.3 Å². The Morgan fingerprint density at radius 3 is 2.42 bits per heavy atom. The highest BCUT2D eigenvalue weighted by Crippen LogP contribution is 2.16. The Balaban J connectivity index is 1.81. The third-order valence-corrected chi connectivity index (χ3v) is 4.51. The van der Waals surface area contributed by atoms with Crippen LogP contribution in [0.15, 0.2) is 77.7 Å². The summed E-state index contributed by atoms with van der Waals surface area (Å²) in [5.41, 5.74) is 2.17. The molecule has 0 aliphatic heterocycles. The summed E-state index contributed by atoms with van der Waals surface area (Å²) in [5, 5.41) is 0.595. The molecule has 3 aromatic rings. The highest BCUT2D eigenvalue weighted by molar-refractivity contribution is 6.31. The highest BCUT2D eigenvalue weighted by Gasteiger charge is 2.14. The molecule has 0 aliphatic rings. The third kappa shape index (κ3) is 4.21. The quantitative estimate of drug-likeness (QED) is 0.688. The van der Waals surface area contributed by atoms with Gasteiger partial charge in [-0.1, -0.05) is 60.1 Å². The van der Waals surface area contributed by atoms with Crippen LogP contribution >= 0.6 is 11.6 Å². The van der Waals surface area contributed by atoms with Gasteiger partial charge in [0, 0.05) is 30.9 Å². The molecule has 0 saturated carbocycles. The van der Waals surface area contributed by atoms with Crippen LogP contribution in [0, 0.1) is 0 Å². The van der Waals surface area contributed by atoms with Gasteiger partial charge in [-0.15, -0.1) is 0 Å². The summed E-state index contributed by atoms with van der Waals surface area (Å²) >= 11 is 6.18. The number of amides is 1. The lowest BCUT2D eigenvalue weighted by molar-refractivity contribution is 0.0784. The highest BCUT2D eigenvalue weighted by atomic mass is 35.5. The van der Waals surface area contributed by atoms with Crippen LogP contribution in [0.4, 0.5) is 0 Å². The van der Waals surface area contributed by atoms with E-state index in [0.717, 1.165) is 11.1 Å². The molecule has 0 spiro atoms. The lowest BCUT2D eigenvalue weighted by atomic mass is 10.2. The molecule has 0 bridgehead atoms. The molecular weight excluding hydrogens is 348 g/mol. The van der Waals surface area contributed by atoms with Crippen molar-refractivity contribution in [2.24, 2.45) is 0 Å². The Bertz CT molecular complexity index is 967. The zero-order chi connectivity index (χ0) is 18.5. The number of benzene rings is 2. The minimum absolute atomic E-state index is 0.137. The van der Waals surface area contributed by atoms with Crippen molar-refractivity contribution in [1.82, 2.24) is 9.47 Å². The number of nitrogens with zero attached hydrogens (tertiary/aromatic N) is 2. The molecule has 1 heterocycles. The minimum Gasteiger partial charge on any atom is -0.337 e. The first-order valence-electron chi connectivity index (χ1n) is 8.28. The van der Waals surface area contributed by atoms with Crippen LogP contribution in [0.3, 0.4) is 0 Å². The number of carbonyl (C=O) groups excluding carboxylic acids is 1. The van der Waals surface area contributed by atoms with Crippen molar-refractivity contribution in [3.05, 3.63) is 105 Å². The van der Waals surface area contributed by atoms with Crippen LogP contribution in [0.25, 0.3) is 0 Å². The van der Waals surface area contributed by atoms with E-state index < -0.39 is 0 Å². The van der Waals surface area contributed by atoms with Gasteiger partial charge < -0.3 is 9.47 Å². The van der Waals surface area contributed by atoms with Gasteiger partial charge in [0.15, 0.2) is 0 Å². The van der Waals surface area contributed by atoms with Crippen molar-refractivity contribution in [3.63, 3.8) is 0 Å². The van der Waals surface area contributed by atoms with Gasteiger partial charge >= 0.3 is 0 Å². The van der Waals surface area contributed by atoms with Gasteiger partial charge in [0.2, 0.25) is 0 Å². The monoisotopic (exact) mass is 366 g/mol. The molecule has 0 saturated heterocycles. The molecule has 26 heavy (non-hydrogen) atoms. The largest absolute Gasteiger partial charge is 0.337 e. The molecule has 0 radical (unpaired) electrons. The molecule has 1 aromatic heterocycles. The van der Waals surface area contributed by atoms with E-state index in [4.69, 9.17) is 11.6 Å². The lowest BCUT2D eigenvalue weighted by Crippen LogP contribution is -2.28. The minimum atomic E-state index is -0.174. The number of aromatic nitrogens is 1. The maximum atomic E-state index is 12.7. The molecule has 0 fully saturated rings. The van der Waals surface area contributed by atoms with E-state index in [1.165, 1.54) is 10.6 Å². The lowest BCUT2D eigenvalue weighted by Gasteiger charge is -2.18. The molecule has 0 unspecified atom stereocenters. The smallest absolute Gasteiger partial charge is 0.255 e. The van der Waals surface area contributed by atoms with E-state index >= 15 is 0 Å². The third-order valence-electron chi connectivity index (χ3n) is 4.14. The van der Waals surface area contributed by atoms with Crippen LogP contribution < -0.4 is 5.56 Å². The predicted molar refractivity (Wildman–Crippen MR) is 103 cm³/mol. The van der Waals surface area contributed by atoms with Crippen LogP contribution in [0.1, 0.15) is 21.5 Å². The van der Waals surface area contributed by atoms with Crippen LogP contribution in [-0.4, -0.2) is 22.4 Å². The fourth-order valence-corrected chi connectivity index (χ4v) is 2.94. The summed E-state index contributed by atoms with van der Waals surface area (Å²) in [7, 11) is 1.75. The van der Waals surface area contributed by atoms with Gasteiger partial charge in [0.25, 0.3) is 11.5 Å². The Labute approximate surface area is 157 Å². The maximum absolute atomic E-state index is 12.7. The Hall–Kier alpha value is -2.85. The SMILES string of the molecule is CN(Cc1ccccc1)C(=O)c1ccc(=O)n(Cc2ccccc2Cl)c1. The molecule has 4 nitrogen and oxygen atoms in total. The van der Waals surface area contributed by atoms with E-state index in [-0.39, 0.29) is 11.5 Å². The van der Waals surface area contributed by atoms with E-state index in [9.17, 15) is 9.59 Å². The fourth-order valence-electron chi connectivity index (χ4n) is 2.74. The van der Waals surface area contributed by atoms with Crippen LogP contribution in [-0.2, 0) is 13.1 Å². The summed E-state index contributed by atoms with van der Waals surface area (Å²) in [6, 6.07) is 20.1. The van der Waals surface area contributed by atoms with Crippen molar-refractivity contribution < 1.29 is 4.79 Å². The summed E-state index contributed by atoms with van der Waals surface area (Å²) in [6.45, 7) is 0.825. The molecule has 3 rings (SSSR count). The number of pyridine rings is 1. The van der Waals surface area contributed by atoms with E-state index in [1.807, 2.05) is 48.5 Å². The molecule has 5 heteroatoms. The fraction of sp³-hybridized carbons (Fsp3) is 0.143. The molecule has 1 amide bonds. The normalized spacial score (nSPS) is 10.5. The number of hydrogen-bond acceptors (Lipinski definition) is 2. The zero-order valence-corrected chi connectivity index (χ0v) is 15.2. The van der Waals surface area contributed by atoms with Gasteiger partial charge in [-0.2, -0.15) is 0 Å². The zero-order valence-electron chi connectivity index (χ0n) is 14.4. The number of carbonyl (C=O) groups is 1. The van der Waals surface area contributed by atoms with Gasteiger partial charge in [0.05, 0.1) is 12.1 Å². The Morgan fingerprint density at radius 1 is 1.00 bits per heavy atom. The first-order valence-corrected chi connectivity index (χ1v) is 8.65. The van der Waals surface area contributed by atoms with E-state index in [0.29, 0.717) is 23.7 Å². The van der Waals surface area contributed by atoms with E-state index in [2.05, 4.69) is 0 Å². The van der Waals surface area contributed by atoms with E-state index in [1.54, 1.807) is 30.3 Å². The summed E-state index contributed by atoms with van der Waals surface area (Å²) in [5.74, 6) is -0.137. The first kappa shape index (κ1) is 18.0. The Morgan fingerprint density at radius 2 is 1.69 bits per heavy atom. The summed E-state index contributed by atoms with van der Waals surface area (Å²) < 4.78 is 1.50. The first-order chi connectivity index (χ1) is 12.5. The van der Waals surface area contributed by atoms with Crippen molar-refractivity contribution in [2.45, 2.75) is 13.1 Å². The Kier molecular flexibility index (Phi) is 5.54. The maximum Gasteiger partial charge on any atom is 0.255 e. The van der Waals surface area contributed by atoms with Crippen molar-refractivity contribution in [3.8, 4) is 0 Å². The molecule has 0 atom stereocenters. The van der Waals surface area contributed by atoms with Gasteiger partial charge in [-0.25, -0.2) is 0 Å². The summed E-state index contributed by atoms with van der Waals surface area (Å²) in [4.78, 5) is 26.5. The summed E-state index contributed by atoms with van der Waals surface area (Å²) in [6.07, 6.45) is 1.59. The van der Waals surface area contributed by atoms with Gasteiger partial charge in [0.1, 0.15) is 0 Å². The van der Waals surface area contributed by atoms with Crippen molar-refractivity contribution in [1.29, 1.82) is 0 Å². The molecule has 0 N–H and O–H groups in total. The standard InChI is InChI=1S/C21H19ClN2O2/c1-23(13-16-7-3-2-4-8-16)21(26)18-11-12-20(25)24(15-18)14-17-9-5-6-10-19(17)22/h2-12,15H,13-14H2,1H3. The second-order valence-electron chi connectivity index (χ2n) is 6.12. The molecule has 2 aromatic carbocycles. The van der Waals surface area contributed by atoms with Crippen LogP contribution in [0.2, 0.25) is 5.02 Å². The number of rotatable bonds is 5. The molecule has 132 valence electrons. The van der Waals surface area contributed by atoms with Crippen LogP contribution in [0.5, 0.6) is 0 Å².